The Morgan fingerprint density at radius 2 is 1.84 bits per heavy atom. The molecule has 0 radical (unpaired) electrons. The van der Waals surface area contributed by atoms with Crippen LogP contribution < -0.4 is 10.2 Å². The monoisotopic (exact) mass is 441 g/mol. The summed E-state index contributed by atoms with van der Waals surface area (Å²) < 4.78 is 20.6. The summed E-state index contributed by atoms with van der Waals surface area (Å²) >= 11 is 1.33. The number of amides is 1. The Hall–Kier alpha value is -2.91. The molecule has 0 unspecified atom stereocenters. The van der Waals surface area contributed by atoms with Crippen LogP contribution in [-0.4, -0.2) is 52.7 Å². The van der Waals surface area contributed by atoms with E-state index in [1.165, 1.54) is 23.9 Å². The van der Waals surface area contributed by atoms with Crippen molar-refractivity contribution in [2.24, 2.45) is 0 Å². The van der Waals surface area contributed by atoms with E-state index in [2.05, 4.69) is 20.4 Å². The molecule has 2 heterocycles. The molecule has 1 aliphatic rings. The molecule has 31 heavy (non-hydrogen) atoms. The van der Waals surface area contributed by atoms with E-state index < -0.39 is 0 Å². The first-order valence-corrected chi connectivity index (χ1v) is 11.1. The second-order valence-electron chi connectivity index (χ2n) is 7.18. The number of thioether (sulfide) groups is 1. The van der Waals surface area contributed by atoms with Gasteiger partial charge in [0.2, 0.25) is 11.9 Å². The van der Waals surface area contributed by atoms with Gasteiger partial charge in [-0.1, -0.05) is 42.1 Å². The van der Waals surface area contributed by atoms with Crippen molar-refractivity contribution >= 4 is 23.6 Å². The molecule has 1 fully saturated rings. The highest BCUT2D eigenvalue weighted by molar-refractivity contribution is 7.99. The molecule has 1 saturated heterocycles. The third-order valence-corrected chi connectivity index (χ3v) is 5.93. The minimum atomic E-state index is -0.297. The average Bonchev–Trinajstić information content (AvgIpc) is 3.23. The SMILES string of the molecule is C[C@@H](NC(=O)CSc1nnc(N2CCOCC2)n1-c1ccccc1)c1ccc(F)cc1. The summed E-state index contributed by atoms with van der Waals surface area (Å²) in [5, 5.41) is 12.4. The number of rotatable bonds is 7. The maximum absolute atomic E-state index is 13.1. The lowest BCUT2D eigenvalue weighted by Gasteiger charge is -2.27. The lowest BCUT2D eigenvalue weighted by atomic mass is 10.1. The summed E-state index contributed by atoms with van der Waals surface area (Å²) in [4.78, 5) is 14.7. The maximum Gasteiger partial charge on any atom is 0.232 e. The quantitative estimate of drug-likeness (QED) is 0.568. The number of nitrogens with one attached hydrogen (secondary N) is 1. The second-order valence-corrected chi connectivity index (χ2v) is 8.12. The van der Waals surface area contributed by atoms with Crippen LogP contribution >= 0.6 is 11.8 Å². The summed E-state index contributed by atoms with van der Waals surface area (Å²) in [5.41, 5.74) is 1.79. The van der Waals surface area contributed by atoms with Crippen LogP contribution in [0.4, 0.5) is 10.3 Å². The maximum atomic E-state index is 13.1. The van der Waals surface area contributed by atoms with E-state index in [9.17, 15) is 9.18 Å². The van der Waals surface area contributed by atoms with Crippen LogP contribution in [0.2, 0.25) is 0 Å². The van der Waals surface area contributed by atoms with E-state index in [1.807, 2.05) is 41.8 Å². The molecule has 0 bridgehead atoms. The molecule has 0 aliphatic carbocycles. The van der Waals surface area contributed by atoms with Crippen LogP contribution in [0.3, 0.4) is 0 Å². The first kappa shape index (κ1) is 21.3. The Balaban J connectivity index is 1.47. The molecule has 1 amide bonds. The van der Waals surface area contributed by atoms with E-state index in [-0.39, 0.29) is 23.5 Å². The number of halogens is 1. The average molecular weight is 442 g/mol. The van der Waals surface area contributed by atoms with Gasteiger partial charge in [0.05, 0.1) is 30.7 Å². The van der Waals surface area contributed by atoms with Gasteiger partial charge in [0.1, 0.15) is 5.82 Å². The van der Waals surface area contributed by atoms with E-state index >= 15 is 0 Å². The smallest absolute Gasteiger partial charge is 0.232 e. The molecule has 0 spiro atoms. The summed E-state index contributed by atoms with van der Waals surface area (Å²) in [6.07, 6.45) is 0. The largest absolute Gasteiger partial charge is 0.378 e. The number of anilines is 1. The zero-order valence-corrected chi connectivity index (χ0v) is 18.0. The first-order chi connectivity index (χ1) is 15.1. The first-order valence-electron chi connectivity index (χ1n) is 10.1. The predicted molar refractivity (Wildman–Crippen MR) is 118 cm³/mol. The zero-order valence-electron chi connectivity index (χ0n) is 17.2. The summed E-state index contributed by atoms with van der Waals surface area (Å²) in [6, 6.07) is 15.8. The number of hydrogen-bond acceptors (Lipinski definition) is 6. The van der Waals surface area contributed by atoms with Gasteiger partial charge in [-0.25, -0.2) is 4.39 Å². The molecule has 2 aromatic carbocycles. The number of carbonyl (C=O) groups is 1. The highest BCUT2D eigenvalue weighted by Crippen LogP contribution is 2.27. The number of aromatic nitrogens is 3. The van der Waals surface area contributed by atoms with Gasteiger partial charge in [-0.05, 0) is 36.8 Å². The van der Waals surface area contributed by atoms with Crippen LogP contribution in [0, 0.1) is 5.82 Å². The Morgan fingerprint density at radius 3 is 2.55 bits per heavy atom. The number of nitrogens with zero attached hydrogens (tertiary/aromatic N) is 4. The van der Waals surface area contributed by atoms with Crippen LogP contribution in [0.5, 0.6) is 0 Å². The van der Waals surface area contributed by atoms with Crippen molar-refractivity contribution in [1.29, 1.82) is 0 Å². The van der Waals surface area contributed by atoms with Crippen molar-refractivity contribution in [3.8, 4) is 5.69 Å². The van der Waals surface area contributed by atoms with Gasteiger partial charge < -0.3 is 15.0 Å². The minimum Gasteiger partial charge on any atom is -0.378 e. The third-order valence-electron chi connectivity index (χ3n) is 5.00. The lowest BCUT2D eigenvalue weighted by molar-refractivity contribution is -0.119. The molecule has 0 saturated carbocycles. The number of carbonyl (C=O) groups excluding carboxylic acids is 1. The molecule has 162 valence electrons. The second kappa shape index (κ2) is 9.93. The predicted octanol–water partition coefficient (Wildman–Crippen LogP) is 3.21. The Morgan fingerprint density at radius 1 is 1.13 bits per heavy atom. The van der Waals surface area contributed by atoms with Crippen molar-refractivity contribution in [2.75, 3.05) is 37.0 Å². The fourth-order valence-corrected chi connectivity index (χ4v) is 4.13. The number of para-hydroxylation sites is 1. The van der Waals surface area contributed by atoms with Crippen LogP contribution in [0.25, 0.3) is 5.69 Å². The molecule has 4 rings (SSSR count). The van der Waals surface area contributed by atoms with Crippen LogP contribution in [-0.2, 0) is 9.53 Å². The molecule has 1 N–H and O–H groups in total. The van der Waals surface area contributed by atoms with Crippen molar-refractivity contribution < 1.29 is 13.9 Å². The van der Waals surface area contributed by atoms with E-state index in [4.69, 9.17) is 4.74 Å². The van der Waals surface area contributed by atoms with Gasteiger partial charge >= 0.3 is 0 Å². The van der Waals surface area contributed by atoms with Crippen molar-refractivity contribution in [3.05, 3.63) is 66.0 Å². The van der Waals surface area contributed by atoms with Gasteiger partial charge in [-0.3, -0.25) is 9.36 Å². The lowest BCUT2D eigenvalue weighted by Crippen LogP contribution is -2.37. The molecule has 1 atom stereocenters. The number of benzene rings is 2. The normalized spacial score (nSPS) is 15.0. The highest BCUT2D eigenvalue weighted by atomic mass is 32.2. The third kappa shape index (κ3) is 5.23. The van der Waals surface area contributed by atoms with Gasteiger partial charge in [0.25, 0.3) is 0 Å². The van der Waals surface area contributed by atoms with Crippen LogP contribution in [0.15, 0.2) is 59.8 Å². The summed E-state index contributed by atoms with van der Waals surface area (Å²) in [7, 11) is 0. The summed E-state index contributed by atoms with van der Waals surface area (Å²) in [6.45, 7) is 4.65. The van der Waals surface area contributed by atoms with Crippen molar-refractivity contribution in [1.82, 2.24) is 20.1 Å². The van der Waals surface area contributed by atoms with Gasteiger partial charge in [-0.2, -0.15) is 0 Å². The van der Waals surface area contributed by atoms with E-state index in [0.29, 0.717) is 18.4 Å². The minimum absolute atomic E-state index is 0.127. The topological polar surface area (TPSA) is 72.3 Å². The van der Waals surface area contributed by atoms with Crippen molar-refractivity contribution in [2.45, 2.75) is 18.1 Å². The number of hydrogen-bond donors (Lipinski definition) is 1. The summed E-state index contributed by atoms with van der Waals surface area (Å²) in [5.74, 6) is 0.517. The van der Waals surface area contributed by atoms with E-state index in [1.54, 1.807) is 12.1 Å². The van der Waals surface area contributed by atoms with Crippen LogP contribution in [0.1, 0.15) is 18.5 Å². The molecular formula is C22H24FN5O2S. The van der Waals surface area contributed by atoms with Gasteiger partial charge in [0, 0.05) is 13.1 Å². The number of ether oxygens (including phenoxy) is 1. The standard InChI is InChI=1S/C22H24FN5O2S/c1-16(17-7-9-18(23)10-8-17)24-20(29)15-31-22-26-25-21(27-11-13-30-14-12-27)28(22)19-5-3-2-4-6-19/h2-10,16H,11-15H2,1H3,(H,24,29)/t16-/m1/s1. The Bertz CT molecular complexity index is 1010. The highest BCUT2D eigenvalue weighted by Gasteiger charge is 2.22. The Labute approximate surface area is 184 Å². The fourth-order valence-electron chi connectivity index (χ4n) is 3.37. The molecule has 7 nitrogen and oxygen atoms in total. The Kier molecular flexibility index (Phi) is 6.83. The molecule has 3 aromatic rings. The number of morpholine rings is 1. The molecule has 9 heteroatoms. The zero-order chi connectivity index (χ0) is 21.6. The van der Waals surface area contributed by atoms with Gasteiger partial charge in [0.15, 0.2) is 5.16 Å². The molecule has 1 aliphatic heterocycles. The molecular weight excluding hydrogens is 417 g/mol. The molecule has 1 aromatic heterocycles. The van der Waals surface area contributed by atoms with Gasteiger partial charge in [-0.15, -0.1) is 10.2 Å². The fraction of sp³-hybridized carbons (Fsp3) is 0.318. The van der Waals surface area contributed by atoms with E-state index in [0.717, 1.165) is 30.3 Å². The van der Waals surface area contributed by atoms with Crippen molar-refractivity contribution in [3.63, 3.8) is 0 Å².